The van der Waals surface area contributed by atoms with Gasteiger partial charge in [0.15, 0.2) is 0 Å². The molecule has 0 heterocycles. The van der Waals surface area contributed by atoms with Crippen molar-refractivity contribution in [3.05, 3.63) is 0 Å². The van der Waals surface area contributed by atoms with Crippen LogP contribution in [0.3, 0.4) is 0 Å². The normalized spacial score (nSPS) is 11.2. The van der Waals surface area contributed by atoms with E-state index in [2.05, 4.69) is 0 Å². The minimum absolute atomic E-state index is 0.363. The van der Waals surface area contributed by atoms with Crippen LogP contribution in [-0.4, -0.2) is 62.9 Å². The lowest BCUT2D eigenvalue weighted by Crippen LogP contribution is -2.36. The van der Waals surface area contributed by atoms with Gasteiger partial charge in [0.05, 0.1) is 26.4 Å². The van der Waals surface area contributed by atoms with Gasteiger partial charge in [0.1, 0.15) is 11.9 Å². The number of hydrogen-bond donors (Lipinski definition) is 0. The lowest BCUT2D eigenvalue weighted by atomic mass is 10.2. The molecule has 0 N–H and O–H groups in total. The third-order valence-electron chi connectivity index (χ3n) is 2.03. The second-order valence-corrected chi connectivity index (χ2v) is 5.08. The van der Waals surface area contributed by atoms with Gasteiger partial charge in [-0.05, 0) is 20.8 Å². The van der Waals surface area contributed by atoms with Crippen LogP contribution in [0.25, 0.3) is 0 Å². The highest BCUT2D eigenvalue weighted by Gasteiger charge is 2.19. The van der Waals surface area contributed by atoms with Gasteiger partial charge in [0, 0.05) is 20.0 Å². The summed E-state index contributed by atoms with van der Waals surface area (Å²) in [5.41, 5.74) is -0.487. The van der Waals surface area contributed by atoms with Crippen LogP contribution in [-0.2, 0) is 19.0 Å². The Morgan fingerprint density at radius 1 is 1.11 bits per heavy atom. The Hall–Kier alpha value is -1.14. The first-order valence-electron chi connectivity index (χ1n) is 6.40. The Labute approximate surface area is 115 Å². The zero-order chi connectivity index (χ0) is 14.7. The summed E-state index contributed by atoms with van der Waals surface area (Å²) in [6, 6.07) is 0. The summed E-state index contributed by atoms with van der Waals surface area (Å²) in [6.45, 7) is 7.68. The summed E-state index contributed by atoms with van der Waals surface area (Å²) in [4.78, 5) is 23.1. The first kappa shape index (κ1) is 17.9. The van der Waals surface area contributed by atoms with Gasteiger partial charge >= 0.3 is 6.09 Å². The number of carbonyl (C=O) groups excluding carboxylic acids is 2. The van der Waals surface area contributed by atoms with Crippen molar-refractivity contribution < 1.29 is 23.8 Å². The van der Waals surface area contributed by atoms with Gasteiger partial charge in [-0.2, -0.15) is 0 Å². The SMILES string of the molecule is CN(CCOCCOCCC=O)C(=O)OC(C)(C)C. The molecule has 0 bridgehead atoms. The summed E-state index contributed by atoms with van der Waals surface area (Å²) in [6.07, 6.45) is 0.858. The highest BCUT2D eigenvalue weighted by atomic mass is 16.6. The van der Waals surface area contributed by atoms with E-state index in [1.807, 2.05) is 20.8 Å². The lowest BCUT2D eigenvalue weighted by molar-refractivity contribution is -0.108. The van der Waals surface area contributed by atoms with Gasteiger partial charge in [-0.25, -0.2) is 4.79 Å². The zero-order valence-electron chi connectivity index (χ0n) is 12.3. The molecular weight excluding hydrogens is 250 g/mol. The van der Waals surface area contributed by atoms with Crippen LogP contribution in [0.2, 0.25) is 0 Å². The first-order chi connectivity index (χ1) is 8.87. The molecule has 6 heteroatoms. The number of hydrogen-bond acceptors (Lipinski definition) is 5. The number of ether oxygens (including phenoxy) is 3. The zero-order valence-corrected chi connectivity index (χ0v) is 12.3. The largest absolute Gasteiger partial charge is 0.444 e. The molecule has 0 spiro atoms. The second kappa shape index (κ2) is 9.75. The molecule has 0 aliphatic rings. The minimum Gasteiger partial charge on any atom is -0.444 e. The van der Waals surface area contributed by atoms with Crippen molar-refractivity contribution in [2.75, 3.05) is 40.0 Å². The summed E-state index contributed by atoms with van der Waals surface area (Å²) >= 11 is 0. The van der Waals surface area contributed by atoms with E-state index in [4.69, 9.17) is 14.2 Å². The molecule has 112 valence electrons. The highest BCUT2D eigenvalue weighted by molar-refractivity contribution is 5.67. The standard InChI is InChI=1S/C13H25NO5/c1-13(2,3)19-12(16)14(4)6-9-18-11-10-17-8-5-7-15/h7H,5-6,8-11H2,1-4H3. The molecule has 0 aliphatic carbocycles. The Morgan fingerprint density at radius 3 is 2.21 bits per heavy atom. The summed E-state index contributed by atoms with van der Waals surface area (Å²) in [5.74, 6) is 0. The average Bonchev–Trinajstić information content (AvgIpc) is 2.30. The van der Waals surface area contributed by atoms with Crippen molar-refractivity contribution in [2.24, 2.45) is 0 Å². The third-order valence-corrected chi connectivity index (χ3v) is 2.03. The molecule has 1 amide bonds. The molecule has 0 saturated carbocycles. The average molecular weight is 275 g/mol. The van der Waals surface area contributed by atoms with Crippen molar-refractivity contribution in [1.29, 1.82) is 0 Å². The molecule has 0 saturated heterocycles. The van der Waals surface area contributed by atoms with E-state index < -0.39 is 5.60 Å². The van der Waals surface area contributed by atoms with Crippen molar-refractivity contribution in [3.8, 4) is 0 Å². The molecule has 0 radical (unpaired) electrons. The number of amides is 1. The van der Waals surface area contributed by atoms with Crippen molar-refractivity contribution in [2.45, 2.75) is 32.8 Å². The van der Waals surface area contributed by atoms with Crippen LogP contribution in [0.4, 0.5) is 4.79 Å². The van der Waals surface area contributed by atoms with E-state index in [-0.39, 0.29) is 6.09 Å². The first-order valence-corrected chi connectivity index (χ1v) is 6.40. The van der Waals surface area contributed by atoms with Crippen LogP contribution >= 0.6 is 0 Å². The minimum atomic E-state index is -0.487. The number of carbonyl (C=O) groups is 2. The van der Waals surface area contributed by atoms with Gasteiger partial charge in [-0.3, -0.25) is 0 Å². The highest BCUT2D eigenvalue weighted by Crippen LogP contribution is 2.08. The Bertz CT molecular complexity index is 262. The van der Waals surface area contributed by atoms with Gasteiger partial charge in [0.2, 0.25) is 0 Å². The van der Waals surface area contributed by atoms with Crippen LogP contribution in [0, 0.1) is 0 Å². The van der Waals surface area contributed by atoms with E-state index in [0.717, 1.165) is 6.29 Å². The van der Waals surface area contributed by atoms with E-state index in [1.54, 1.807) is 7.05 Å². The monoisotopic (exact) mass is 275 g/mol. The summed E-state index contributed by atoms with van der Waals surface area (Å²) in [5, 5.41) is 0. The third kappa shape index (κ3) is 11.7. The summed E-state index contributed by atoms with van der Waals surface area (Å²) < 4.78 is 15.6. The molecule has 0 rings (SSSR count). The van der Waals surface area contributed by atoms with Crippen LogP contribution in [0.5, 0.6) is 0 Å². The molecule has 6 nitrogen and oxygen atoms in total. The predicted molar refractivity (Wildman–Crippen MR) is 71.2 cm³/mol. The van der Waals surface area contributed by atoms with E-state index >= 15 is 0 Å². The molecule has 0 aromatic carbocycles. The van der Waals surface area contributed by atoms with Gasteiger partial charge in [-0.15, -0.1) is 0 Å². The molecule has 0 aromatic rings. The van der Waals surface area contributed by atoms with Crippen LogP contribution in [0.15, 0.2) is 0 Å². The Morgan fingerprint density at radius 2 is 1.68 bits per heavy atom. The molecule has 0 fully saturated rings. The number of aldehydes is 1. The molecule has 0 aromatic heterocycles. The van der Waals surface area contributed by atoms with Crippen molar-refractivity contribution >= 4 is 12.4 Å². The molecule has 0 unspecified atom stereocenters. The summed E-state index contributed by atoms with van der Waals surface area (Å²) in [7, 11) is 1.66. The number of likely N-dealkylation sites (N-methyl/N-ethyl adjacent to an activating group) is 1. The number of rotatable bonds is 9. The number of nitrogens with zero attached hydrogens (tertiary/aromatic N) is 1. The van der Waals surface area contributed by atoms with Crippen molar-refractivity contribution in [3.63, 3.8) is 0 Å². The Balaban J connectivity index is 3.50. The van der Waals surface area contributed by atoms with Gasteiger partial charge in [0.25, 0.3) is 0 Å². The quantitative estimate of drug-likeness (QED) is 0.471. The second-order valence-electron chi connectivity index (χ2n) is 5.08. The maximum atomic E-state index is 11.6. The van der Waals surface area contributed by atoms with Gasteiger partial charge < -0.3 is 23.9 Å². The lowest BCUT2D eigenvalue weighted by Gasteiger charge is -2.24. The fourth-order valence-corrected chi connectivity index (χ4v) is 1.09. The van der Waals surface area contributed by atoms with E-state index in [0.29, 0.717) is 39.4 Å². The smallest absolute Gasteiger partial charge is 0.410 e. The molecule has 19 heavy (non-hydrogen) atoms. The fourth-order valence-electron chi connectivity index (χ4n) is 1.09. The maximum Gasteiger partial charge on any atom is 0.410 e. The van der Waals surface area contributed by atoms with Gasteiger partial charge in [-0.1, -0.05) is 0 Å². The van der Waals surface area contributed by atoms with E-state index in [9.17, 15) is 9.59 Å². The van der Waals surface area contributed by atoms with Crippen molar-refractivity contribution in [1.82, 2.24) is 4.90 Å². The topological polar surface area (TPSA) is 65.1 Å². The fraction of sp³-hybridized carbons (Fsp3) is 0.846. The molecular formula is C13H25NO5. The van der Waals surface area contributed by atoms with Crippen LogP contribution in [0.1, 0.15) is 27.2 Å². The van der Waals surface area contributed by atoms with Crippen LogP contribution < -0.4 is 0 Å². The van der Waals surface area contributed by atoms with E-state index in [1.165, 1.54) is 4.90 Å². The Kier molecular flexibility index (Phi) is 9.16. The molecule has 0 atom stereocenters. The predicted octanol–water partition coefficient (Wildman–Crippen LogP) is 1.48. The molecule has 0 aliphatic heterocycles. The maximum absolute atomic E-state index is 11.6.